The molecule has 0 saturated heterocycles. The molecule has 0 amide bonds. The number of para-hydroxylation sites is 1. The Bertz CT molecular complexity index is 499. The SMILES string of the molecule is COCCNC(C(=O)O)c1cccc2c1OC(C)(C)C2. The molecule has 0 aromatic heterocycles. The number of methoxy groups -OCH3 is 1. The van der Waals surface area contributed by atoms with E-state index in [1.165, 1.54) is 0 Å². The molecule has 5 heteroatoms. The van der Waals surface area contributed by atoms with E-state index in [1.54, 1.807) is 13.2 Å². The lowest BCUT2D eigenvalue weighted by Crippen LogP contribution is -2.31. The Labute approximate surface area is 118 Å². The molecule has 1 unspecified atom stereocenters. The predicted molar refractivity (Wildman–Crippen MR) is 75.1 cm³/mol. The Kier molecular flexibility index (Phi) is 4.30. The van der Waals surface area contributed by atoms with Crippen molar-refractivity contribution in [2.45, 2.75) is 31.9 Å². The molecule has 1 aliphatic heterocycles. The van der Waals surface area contributed by atoms with Gasteiger partial charge in [-0.15, -0.1) is 0 Å². The van der Waals surface area contributed by atoms with Crippen LogP contribution in [0.1, 0.15) is 31.0 Å². The first-order chi connectivity index (χ1) is 9.44. The highest BCUT2D eigenvalue weighted by atomic mass is 16.5. The van der Waals surface area contributed by atoms with Crippen molar-refractivity contribution in [2.75, 3.05) is 20.3 Å². The van der Waals surface area contributed by atoms with Crippen molar-refractivity contribution >= 4 is 5.97 Å². The van der Waals surface area contributed by atoms with Gasteiger partial charge in [-0.2, -0.15) is 0 Å². The predicted octanol–water partition coefficient (Wildman–Crippen LogP) is 1.76. The first kappa shape index (κ1) is 14.8. The molecule has 1 aromatic carbocycles. The summed E-state index contributed by atoms with van der Waals surface area (Å²) in [4.78, 5) is 11.5. The van der Waals surface area contributed by atoms with Crippen LogP contribution in [0.4, 0.5) is 0 Å². The average molecular weight is 279 g/mol. The molecule has 2 N–H and O–H groups in total. The smallest absolute Gasteiger partial charge is 0.325 e. The van der Waals surface area contributed by atoms with Crippen LogP contribution in [-0.2, 0) is 16.0 Å². The number of carboxylic acids is 1. The summed E-state index contributed by atoms with van der Waals surface area (Å²) >= 11 is 0. The number of rotatable bonds is 6. The van der Waals surface area contributed by atoms with Gasteiger partial charge in [0.05, 0.1) is 6.61 Å². The molecule has 0 saturated carbocycles. The minimum atomic E-state index is -0.914. The molecule has 0 spiro atoms. The van der Waals surface area contributed by atoms with Gasteiger partial charge >= 0.3 is 5.97 Å². The van der Waals surface area contributed by atoms with E-state index in [0.29, 0.717) is 24.5 Å². The number of benzene rings is 1. The highest BCUT2D eigenvalue weighted by Crippen LogP contribution is 2.39. The quantitative estimate of drug-likeness (QED) is 0.777. The van der Waals surface area contributed by atoms with Gasteiger partial charge < -0.3 is 14.6 Å². The summed E-state index contributed by atoms with van der Waals surface area (Å²) in [6.07, 6.45) is 0.792. The third-order valence-electron chi connectivity index (χ3n) is 3.33. The van der Waals surface area contributed by atoms with E-state index >= 15 is 0 Å². The molecule has 110 valence electrons. The van der Waals surface area contributed by atoms with Crippen LogP contribution in [0.5, 0.6) is 5.75 Å². The van der Waals surface area contributed by atoms with Crippen LogP contribution in [0.25, 0.3) is 0 Å². The zero-order valence-electron chi connectivity index (χ0n) is 12.1. The monoisotopic (exact) mass is 279 g/mol. The molecule has 1 aromatic rings. The second-order valence-electron chi connectivity index (χ2n) is 5.59. The summed E-state index contributed by atoms with van der Waals surface area (Å²) in [5.74, 6) is -0.211. The van der Waals surface area contributed by atoms with Gasteiger partial charge in [0.25, 0.3) is 0 Å². The van der Waals surface area contributed by atoms with Crippen LogP contribution in [0.3, 0.4) is 0 Å². The molecule has 2 rings (SSSR count). The molecule has 0 aliphatic carbocycles. The Morgan fingerprint density at radius 3 is 2.95 bits per heavy atom. The van der Waals surface area contributed by atoms with Gasteiger partial charge in [0.1, 0.15) is 17.4 Å². The van der Waals surface area contributed by atoms with E-state index in [0.717, 1.165) is 12.0 Å². The van der Waals surface area contributed by atoms with E-state index < -0.39 is 12.0 Å². The normalized spacial score (nSPS) is 17.4. The van der Waals surface area contributed by atoms with Gasteiger partial charge in [-0.3, -0.25) is 10.1 Å². The number of nitrogens with one attached hydrogen (secondary N) is 1. The fourth-order valence-electron chi connectivity index (χ4n) is 2.50. The first-order valence-corrected chi connectivity index (χ1v) is 6.70. The molecular formula is C15H21NO4. The van der Waals surface area contributed by atoms with Crippen molar-refractivity contribution in [1.29, 1.82) is 0 Å². The maximum absolute atomic E-state index is 11.5. The van der Waals surface area contributed by atoms with Gasteiger partial charge in [-0.25, -0.2) is 0 Å². The van der Waals surface area contributed by atoms with Crippen molar-refractivity contribution in [3.8, 4) is 5.75 Å². The maximum Gasteiger partial charge on any atom is 0.325 e. The standard InChI is InChI=1S/C15H21NO4/c1-15(2)9-10-5-4-6-11(13(10)20-15)12(14(17)18)16-7-8-19-3/h4-6,12,16H,7-9H2,1-3H3,(H,17,18). The van der Waals surface area contributed by atoms with Crippen molar-refractivity contribution in [1.82, 2.24) is 5.32 Å². The van der Waals surface area contributed by atoms with E-state index in [1.807, 2.05) is 26.0 Å². The molecule has 0 radical (unpaired) electrons. The lowest BCUT2D eigenvalue weighted by molar-refractivity contribution is -0.139. The summed E-state index contributed by atoms with van der Waals surface area (Å²) in [5.41, 5.74) is 1.46. The van der Waals surface area contributed by atoms with Gasteiger partial charge in [0, 0.05) is 25.6 Å². The van der Waals surface area contributed by atoms with Crippen LogP contribution in [0, 0.1) is 0 Å². The Morgan fingerprint density at radius 2 is 2.30 bits per heavy atom. The molecule has 0 fully saturated rings. The largest absolute Gasteiger partial charge is 0.487 e. The van der Waals surface area contributed by atoms with Crippen LogP contribution in [-0.4, -0.2) is 36.9 Å². The van der Waals surface area contributed by atoms with E-state index in [-0.39, 0.29) is 5.60 Å². The second-order valence-corrected chi connectivity index (χ2v) is 5.59. The van der Waals surface area contributed by atoms with Crippen LogP contribution in [0.15, 0.2) is 18.2 Å². The van der Waals surface area contributed by atoms with Gasteiger partial charge in [-0.1, -0.05) is 18.2 Å². The fraction of sp³-hybridized carbons (Fsp3) is 0.533. The first-order valence-electron chi connectivity index (χ1n) is 6.70. The summed E-state index contributed by atoms with van der Waals surface area (Å²) in [6.45, 7) is 4.95. The summed E-state index contributed by atoms with van der Waals surface area (Å²) in [7, 11) is 1.59. The highest BCUT2D eigenvalue weighted by molar-refractivity contribution is 5.77. The maximum atomic E-state index is 11.5. The minimum Gasteiger partial charge on any atom is -0.487 e. The third kappa shape index (κ3) is 3.11. The molecule has 0 bridgehead atoms. The summed E-state index contributed by atoms with van der Waals surface area (Å²) in [6, 6.07) is 4.89. The number of hydrogen-bond donors (Lipinski definition) is 2. The molecule has 5 nitrogen and oxygen atoms in total. The zero-order valence-corrected chi connectivity index (χ0v) is 12.1. The second kappa shape index (κ2) is 5.81. The Hall–Kier alpha value is -1.59. The highest BCUT2D eigenvalue weighted by Gasteiger charge is 2.34. The fourth-order valence-corrected chi connectivity index (χ4v) is 2.50. The van der Waals surface area contributed by atoms with E-state index in [4.69, 9.17) is 9.47 Å². The summed E-state index contributed by atoms with van der Waals surface area (Å²) < 4.78 is 10.9. The van der Waals surface area contributed by atoms with Gasteiger partial charge in [0.2, 0.25) is 0 Å². The van der Waals surface area contributed by atoms with Gasteiger partial charge in [0.15, 0.2) is 0 Å². The lowest BCUT2D eigenvalue weighted by atomic mass is 9.98. The third-order valence-corrected chi connectivity index (χ3v) is 3.33. The molecule has 1 aliphatic rings. The number of carbonyl (C=O) groups is 1. The van der Waals surface area contributed by atoms with E-state index in [2.05, 4.69) is 5.32 Å². The van der Waals surface area contributed by atoms with Crippen LogP contribution in [0.2, 0.25) is 0 Å². The number of carboxylic acid groups (broad SMARTS) is 1. The number of fused-ring (bicyclic) bond motifs is 1. The van der Waals surface area contributed by atoms with Crippen molar-refractivity contribution < 1.29 is 19.4 Å². The number of aliphatic carboxylic acids is 1. The van der Waals surface area contributed by atoms with Crippen molar-refractivity contribution in [3.63, 3.8) is 0 Å². The van der Waals surface area contributed by atoms with Crippen molar-refractivity contribution in [2.24, 2.45) is 0 Å². The molecule has 1 heterocycles. The van der Waals surface area contributed by atoms with Crippen molar-refractivity contribution in [3.05, 3.63) is 29.3 Å². The lowest BCUT2D eigenvalue weighted by Gasteiger charge is -2.21. The van der Waals surface area contributed by atoms with Crippen LogP contribution < -0.4 is 10.1 Å². The molecule has 1 atom stereocenters. The summed E-state index contributed by atoms with van der Waals surface area (Å²) in [5, 5.41) is 12.4. The molecule has 20 heavy (non-hydrogen) atoms. The van der Waals surface area contributed by atoms with Gasteiger partial charge in [-0.05, 0) is 19.4 Å². The topological polar surface area (TPSA) is 67.8 Å². The van der Waals surface area contributed by atoms with Crippen LogP contribution >= 0.6 is 0 Å². The number of hydrogen-bond acceptors (Lipinski definition) is 4. The Balaban J connectivity index is 2.27. The average Bonchev–Trinajstić information content (AvgIpc) is 2.68. The Morgan fingerprint density at radius 1 is 1.55 bits per heavy atom. The molecular weight excluding hydrogens is 258 g/mol. The number of ether oxygens (including phenoxy) is 2. The minimum absolute atomic E-state index is 0.284. The zero-order chi connectivity index (χ0) is 14.8. The van der Waals surface area contributed by atoms with E-state index in [9.17, 15) is 9.90 Å².